The summed E-state index contributed by atoms with van der Waals surface area (Å²) in [5.41, 5.74) is 5.02. The van der Waals surface area contributed by atoms with Gasteiger partial charge < -0.3 is 11.1 Å². The first-order valence-electron chi connectivity index (χ1n) is 6.15. The quantitative estimate of drug-likeness (QED) is 0.475. The SMILES string of the molecule is Nc1ccc([N+](=O)[O-])cn1.O=C(CCl)Nc1ccc([N+](=O)[O-])cn1. The molecule has 12 heteroatoms. The molecular formula is C12H11ClN6O5. The lowest BCUT2D eigenvalue weighted by Gasteiger charge is -1.99. The van der Waals surface area contributed by atoms with Crippen molar-refractivity contribution in [3.8, 4) is 0 Å². The molecule has 0 bridgehead atoms. The summed E-state index contributed by atoms with van der Waals surface area (Å²) in [6.07, 6.45) is 2.18. The van der Waals surface area contributed by atoms with Gasteiger partial charge in [0.15, 0.2) is 0 Å². The van der Waals surface area contributed by atoms with E-state index >= 15 is 0 Å². The number of anilines is 2. The summed E-state index contributed by atoms with van der Waals surface area (Å²) in [6.45, 7) is 0. The van der Waals surface area contributed by atoms with Crippen LogP contribution in [0, 0.1) is 20.2 Å². The molecule has 0 saturated carbocycles. The van der Waals surface area contributed by atoms with E-state index in [0.717, 1.165) is 12.4 Å². The molecule has 2 aromatic heterocycles. The number of alkyl halides is 1. The van der Waals surface area contributed by atoms with E-state index in [2.05, 4.69) is 15.3 Å². The maximum absolute atomic E-state index is 10.8. The summed E-state index contributed by atoms with van der Waals surface area (Å²) in [6, 6.07) is 5.28. The highest BCUT2D eigenvalue weighted by molar-refractivity contribution is 6.28. The zero-order chi connectivity index (χ0) is 18.1. The van der Waals surface area contributed by atoms with Crippen LogP contribution < -0.4 is 11.1 Å². The monoisotopic (exact) mass is 354 g/mol. The molecule has 0 unspecified atom stereocenters. The molecule has 1 amide bonds. The van der Waals surface area contributed by atoms with Gasteiger partial charge in [-0.25, -0.2) is 9.97 Å². The average molecular weight is 355 g/mol. The Morgan fingerprint density at radius 2 is 1.62 bits per heavy atom. The fraction of sp³-hybridized carbons (Fsp3) is 0.0833. The van der Waals surface area contributed by atoms with Crippen LogP contribution in [0.3, 0.4) is 0 Å². The van der Waals surface area contributed by atoms with Crippen LogP contribution in [0.5, 0.6) is 0 Å². The maximum atomic E-state index is 10.8. The van der Waals surface area contributed by atoms with E-state index in [4.69, 9.17) is 17.3 Å². The van der Waals surface area contributed by atoms with Gasteiger partial charge in [0.25, 0.3) is 11.4 Å². The number of amides is 1. The second-order valence-electron chi connectivity index (χ2n) is 4.04. The van der Waals surface area contributed by atoms with Crippen LogP contribution in [0.1, 0.15) is 0 Å². The van der Waals surface area contributed by atoms with Crippen molar-refractivity contribution in [1.82, 2.24) is 9.97 Å². The number of hydrogen-bond acceptors (Lipinski definition) is 8. The molecule has 0 fully saturated rings. The Labute approximate surface area is 139 Å². The van der Waals surface area contributed by atoms with Crippen LogP contribution in [0.2, 0.25) is 0 Å². The lowest BCUT2D eigenvalue weighted by Crippen LogP contribution is -2.13. The van der Waals surface area contributed by atoms with Gasteiger partial charge in [0.2, 0.25) is 5.91 Å². The van der Waals surface area contributed by atoms with Crippen molar-refractivity contribution in [3.05, 3.63) is 56.9 Å². The second-order valence-corrected chi connectivity index (χ2v) is 4.31. The number of nitrogens with one attached hydrogen (secondary N) is 1. The Morgan fingerprint density at radius 1 is 1.08 bits per heavy atom. The molecule has 0 atom stereocenters. The number of hydrogen-bond donors (Lipinski definition) is 2. The molecule has 0 aliphatic carbocycles. The molecule has 2 heterocycles. The first-order valence-corrected chi connectivity index (χ1v) is 6.69. The van der Waals surface area contributed by atoms with Crippen LogP contribution in [0.15, 0.2) is 36.7 Å². The Morgan fingerprint density at radius 3 is 2.00 bits per heavy atom. The lowest BCUT2D eigenvalue weighted by atomic mass is 10.4. The average Bonchev–Trinajstić information content (AvgIpc) is 2.56. The van der Waals surface area contributed by atoms with Gasteiger partial charge in [0.1, 0.15) is 29.9 Å². The topological polar surface area (TPSA) is 167 Å². The molecule has 0 saturated heterocycles. The first kappa shape index (κ1) is 18.7. The minimum atomic E-state index is -0.569. The van der Waals surface area contributed by atoms with Crippen molar-refractivity contribution in [2.45, 2.75) is 0 Å². The molecule has 24 heavy (non-hydrogen) atoms. The number of nitro groups is 2. The molecule has 126 valence electrons. The van der Waals surface area contributed by atoms with E-state index in [9.17, 15) is 25.0 Å². The number of carbonyl (C=O) groups excluding carboxylic acids is 1. The van der Waals surface area contributed by atoms with Gasteiger partial charge >= 0.3 is 0 Å². The highest BCUT2D eigenvalue weighted by Crippen LogP contribution is 2.11. The van der Waals surface area contributed by atoms with Crippen LogP contribution in [-0.2, 0) is 4.79 Å². The standard InChI is InChI=1S/C7H6ClN3O3.C5H5N3O2/c8-3-7(12)10-6-2-1-5(4-9-6)11(13)14;6-5-2-1-4(3-7-5)8(9)10/h1-2,4H,3H2,(H,9,10,12);1-3H,(H2,6,7). The molecular weight excluding hydrogens is 344 g/mol. The Hall–Kier alpha value is -3.34. The summed E-state index contributed by atoms with van der Waals surface area (Å²) >= 11 is 5.24. The third kappa shape index (κ3) is 6.19. The Bertz CT molecular complexity index is 722. The van der Waals surface area contributed by atoms with Crippen LogP contribution in [0.25, 0.3) is 0 Å². The molecule has 0 aliphatic heterocycles. The van der Waals surface area contributed by atoms with Gasteiger partial charge in [-0.1, -0.05) is 0 Å². The summed E-state index contributed by atoms with van der Waals surface area (Å²) in [5, 5.41) is 22.6. The van der Waals surface area contributed by atoms with Gasteiger partial charge in [-0.15, -0.1) is 11.6 Å². The summed E-state index contributed by atoms with van der Waals surface area (Å²) in [4.78, 5) is 37.2. The van der Waals surface area contributed by atoms with Crippen LogP contribution in [-0.4, -0.2) is 31.6 Å². The number of carbonyl (C=O) groups is 1. The van der Waals surface area contributed by atoms with E-state index in [-0.39, 0.29) is 28.9 Å². The molecule has 0 radical (unpaired) electrons. The number of rotatable bonds is 4. The number of pyridine rings is 2. The number of nitrogens with two attached hydrogens (primary N) is 1. The summed E-state index contributed by atoms with van der Waals surface area (Å²) in [7, 11) is 0. The van der Waals surface area contributed by atoms with Crippen LogP contribution >= 0.6 is 11.6 Å². The lowest BCUT2D eigenvalue weighted by molar-refractivity contribution is -0.385. The third-order valence-corrected chi connectivity index (χ3v) is 2.57. The number of halogens is 1. The molecule has 0 aromatic carbocycles. The van der Waals surface area contributed by atoms with Gasteiger partial charge in [0, 0.05) is 12.1 Å². The summed E-state index contributed by atoms with van der Waals surface area (Å²) < 4.78 is 0. The fourth-order valence-corrected chi connectivity index (χ4v) is 1.32. The predicted octanol–water partition coefficient (Wildman–Crippen LogP) is 1.74. The van der Waals surface area contributed by atoms with Crippen molar-refractivity contribution < 1.29 is 14.6 Å². The van der Waals surface area contributed by atoms with Crippen LogP contribution in [0.4, 0.5) is 23.0 Å². The van der Waals surface area contributed by atoms with E-state index in [1.165, 1.54) is 24.3 Å². The van der Waals surface area contributed by atoms with Crippen molar-refractivity contribution >= 4 is 40.5 Å². The van der Waals surface area contributed by atoms with Crippen molar-refractivity contribution in [3.63, 3.8) is 0 Å². The normalized spacial score (nSPS) is 9.38. The molecule has 0 spiro atoms. The van der Waals surface area contributed by atoms with Crippen molar-refractivity contribution in [2.24, 2.45) is 0 Å². The zero-order valence-corrected chi connectivity index (χ0v) is 12.7. The highest BCUT2D eigenvalue weighted by atomic mass is 35.5. The first-order chi connectivity index (χ1) is 11.3. The maximum Gasteiger partial charge on any atom is 0.287 e. The molecule has 3 N–H and O–H groups in total. The third-order valence-electron chi connectivity index (χ3n) is 2.33. The van der Waals surface area contributed by atoms with Crippen molar-refractivity contribution in [1.29, 1.82) is 0 Å². The van der Waals surface area contributed by atoms with Gasteiger partial charge in [0.05, 0.1) is 9.85 Å². The van der Waals surface area contributed by atoms with Gasteiger partial charge in [-0.05, 0) is 12.1 Å². The van der Waals surface area contributed by atoms with E-state index in [1.54, 1.807) is 0 Å². The number of aromatic nitrogens is 2. The fourth-order valence-electron chi connectivity index (χ4n) is 1.25. The summed E-state index contributed by atoms with van der Waals surface area (Å²) in [5.74, 6) is -0.0709. The molecule has 2 aromatic rings. The zero-order valence-electron chi connectivity index (χ0n) is 12.0. The van der Waals surface area contributed by atoms with Gasteiger partial charge in [-0.2, -0.15) is 0 Å². The number of nitrogens with zero attached hydrogens (tertiary/aromatic N) is 4. The molecule has 2 rings (SSSR count). The molecule has 11 nitrogen and oxygen atoms in total. The van der Waals surface area contributed by atoms with E-state index < -0.39 is 15.8 Å². The smallest absolute Gasteiger partial charge is 0.287 e. The predicted molar refractivity (Wildman–Crippen MR) is 85.5 cm³/mol. The van der Waals surface area contributed by atoms with Crippen molar-refractivity contribution in [2.75, 3.05) is 16.9 Å². The highest BCUT2D eigenvalue weighted by Gasteiger charge is 2.06. The second kappa shape index (κ2) is 8.95. The van der Waals surface area contributed by atoms with E-state index in [0.29, 0.717) is 0 Å². The largest absolute Gasteiger partial charge is 0.384 e. The number of nitrogen functional groups attached to an aromatic ring is 1. The Balaban J connectivity index is 0.000000254. The minimum Gasteiger partial charge on any atom is -0.384 e. The molecule has 0 aliphatic rings. The minimum absolute atomic E-state index is 0.0470. The Kier molecular flexibility index (Phi) is 6.97. The van der Waals surface area contributed by atoms with Gasteiger partial charge in [-0.3, -0.25) is 25.0 Å². The van der Waals surface area contributed by atoms with E-state index in [1.807, 2.05) is 0 Å².